The number of hydrogen-bond donors (Lipinski definition) is 0. The zero-order chi connectivity index (χ0) is 16.0. The highest BCUT2D eigenvalue weighted by atomic mass is 32.1. The molecular weight excluding hydrogens is 304 g/mol. The molecule has 1 saturated heterocycles. The summed E-state index contributed by atoms with van der Waals surface area (Å²) < 4.78 is 0. The van der Waals surface area contributed by atoms with Gasteiger partial charge in [0.25, 0.3) is 5.91 Å². The largest absolute Gasteiger partial charge is 0.332 e. The molecule has 0 saturated carbocycles. The lowest BCUT2D eigenvalue weighted by Gasteiger charge is -2.30. The number of nitrogens with zero attached hydrogens (tertiary/aromatic N) is 2. The second kappa shape index (κ2) is 5.46. The van der Waals surface area contributed by atoms with Gasteiger partial charge in [-0.1, -0.05) is 49.4 Å². The van der Waals surface area contributed by atoms with Crippen LogP contribution in [0.3, 0.4) is 0 Å². The van der Waals surface area contributed by atoms with E-state index in [9.17, 15) is 4.79 Å². The molecule has 2 aliphatic heterocycles. The average Bonchev–Trinajstić information content (AvgIpc) is 2.83. The van der Waals surface area contributed by atoms with Crippen LogP contribution in [-0.4, -0.2) is 22.0 Å². The smallest absolute Gasteiger partial charge is 0.256 e. The number of fused-ring (bicyclic) bond motifs is 2. The predicted molar refractivity (Wildman–Crippen MR) is 95.4 cm³/mol. The number of carbonyl (C=O) groups is 1. The van der Waals surface area contributed by atoms with E-state index >= 15 is 0 Å². The van der Waals surface area contributed by atoms with E-state index in [1.165, 1.54) is 11.1 Å². The summed E-state index contributed by atoms with van der Waals surface area (Å²) in [5, 5.41) is 0.635. The fourth-order valence-electron chi connectivity index (χ4n) is 3.57. The van der Waals surface area contributed by atoms with Crippen LogP contribution in [0.25, 0.3) is 0 Å². The van der Waals surface area contributed by atoms with Gasteiger partial charge >= 0.3 is 0 Å². The fourth-order valence-corrected chi connectivity index (χ4v) is 3.95. The summed E-state index contributed by atoms with van der Waals surface area (Å²) in [5.74, 6) is 0.102. The van der Waals surface area contributed by atoms with E-state index in [-0.39, 0.29) is 11.9 Å². The summed E-state index contributed by atoms with van der Waals surface area (Å²) in [4.78, 5) is 16.8. The second-order valence-corrected chi connectivity index (χ2v) is 6.42. The van der Waals surface area contributed by atoms with Crippen LogP contribution < -0.4 is 4.90 Å². The zero-order valence-corrected chi connectivity index (χ0v) is 13.8. The number of carbonyl (C=O) groups excluding carboxylic acids is 1. The Morgan fingerprint density at radius 3 is 2.57 bits per heavy atom. The van der Waals surface area contributed by atoms with E-state index in [0.29, 0.717) is 5.11 Å². The number of aryl methyl sites for hydroxylation is 1. The van der Waals surface area contributed by atoms with E-state index in [1.807, 2.05) is 30.3 Å². The van der Waals surface area contributed by atoms with E-state index in [1.54, 1.807) is 4.90 Å². The van der Waals surface area contributed by atoms with Crippen molar-refractivity contribution in [2.75, 3.05) is 4.90 Å². The number of thiocarbonyl (C=S) groups is 1. The number of benzene rings is 2. The Labute approximate surface area is 141 Å². The van der Waals surface area contributed by atoms with Crippen LogP contribution in [0.15, 0.2) is 48.5 Å². The van der Waals surface area contributed by atoms with Gasteiger partial charge in [-0.05, 0) is 41.4 Å². The molecule has 2 aliphatic rings. The van der Waals surface area contributed by atoms with Gasteiger partial charge in [0.1, 0.15) is 6.04 Å². The Hall–Kier alpha value is -2.20. The molecule has 4 rings (SSSR count). The normalized spacial score (nSPS) is 19.8. The van der Waals surface area contributed by atoms with Gasteiger partial charge in [-0.15, -0.1) is 0 Å². The molecule has 1 unspecified atom stereocenters. The molecule has 0 aliphatic carbocycles. The highest BCUT2D eigenvalue weighted by Gasteiger charge is 2.45. The molecule has 23 heavy (non-hydrogen) atoms. The minimum atomic E-state index is -0.165. The van der Waals surface area contributed by atoms with E-state index in [2.05, 4.69) is 30.0 Å². The first-order chi connectivity index (χ1) is 11.2. The Balaban J connectivity index is 1.74. The van der Waals surface area contributed by atoms with Crippen LogP contribution in [0.5, 0.6) is 0 Å². The monoisotopic (exact) mass is 322 g/mol. The van der Waals surface area contributed by atoms with Gasteiger partial charge < -0.3 is 4.90 Å². The van der Waals surface area contributed by atoms with Crippen molar-refractivity contribution in [3.8, 4) is 0 Å². The number of rotatable bonds is 2. The molecule has 1 amide bonds. The first-order valence-electron chi connectivity index (χ1n) is 8.00. The van der Waals surface area contributed by atoms with E-state index in [0.717, 1.165) is 30.6 Å². The van der Waals surface area contributed by atoms with Crippen molar-refractivity contribution >= 4 is 28.9 Å². The number of para-hydroxylation sites is 1. The van der Waals surface area contributed by atoms with Gasteiger partial charge in [0, 0.05) is 13.0 Å². The summed E-state index contributed by atoms with van der Waals surface area (Å²) in [5.41, 5.74) is 4.61. The Morgan fingerprint density at radius 1 is 1.09 bits per heavy atom. The minimum Gasteiger partial charge on any atom is -0.332 e. The first kappa shape index (κ1) is 14.4. The number of anilines is 1. The van der Waals surface area contributed by atoms with Crippen molar-refractivity contribution in [3.05, 3.63) is 65.2 Å². The molecule has 0 aromatic heterocycles. The molecule has 0 spiro atoms. The SMILES string of the molecule is CCc1ccccc1N1C(=O)C2Cc3ccccc3CN2C1=S. The molecule has 2 aromatic carbocycles. The summed E-state index contributed by atoms with van der Waals surface area (Å²) in [7, 11) is 0. The molecule has 2 aromatic rings. The zero-order valence-electron chi connectivity index (χ0n) is 13.0. The van der Waals surface area contributed by atoms with Gasteiger partial charge in [0.15, 0.2) is 5.11 Å². The number of hydrogen-bond acceptors (Lipinski definition) is 2. The van der Waals surface area contributed by atoms with Crippen LogP contribution in [0.1, 0.15) is 23.6 Å². The third-order valence-corrected chi connectivity index (χ3v) is 5.22. The quantitative estimate of drug-likeness (QED) is 0.793. The first-order valence-corrected chi connectivity index (χ1v) is 8.40. The Kier molecular flexibility index (Phi) is 3.42. The second-order valence-electron chi connectivity index (χ2n) is 6.06. The van der Waals surface area contributed by atoms with Gasteiger partial charge in [-0.3, -0.25) is 9.69 Å². The molecular formula is C19H18N2OS. The third kappa shape index (κ3) is 2.17. The van der Waals surface area contributed by atoms with Gasteiger partial charge in [-0.2, -0.15) is 0 Å². The van der Waals surface area contributed by atoms with Crippen molar-refractivity contribution in [1.82, 2.24) is 4.90 Å². The highest BCUT2D eigenvalue weighted by Crippen LogP contribution is 2.34. The van der Waals surface area contributed by atoms with Crippen molar-refractivity contribution < 1.29 is 4.79 Å². The summed E-state index contributed by atoms with van der Waals surface area (Å²) in [6, 6.07) is 16.2. The molecule has 0 radical (unpaired) electrons. The lowest BCUT2D eigenvalue weighted by atomic mass is 9.95. The molecule has 1 atom stereocenters. The van der Waals surface area contributed by atoms with Crippen molar-refractivity contribution in [3.63, 3.8) is 0 Å². The topological polar surface area (TPSA) is 23.6 Å². The lowest BCUT2D eigenvalue weighted by Crippen LogP contribution is -2.39. The predicted octanol–water partition coefficient (Wildman–Crippen LogP) is 3.31. The van der Waals surface area contributed by atoms with Gasteiger partial charge in [0.2, 0.25) is 0 Å². The molecule has 0 N–H and O–H groups in total. The Bertz CT molecular complexity index is 758. The molecule has 116 valence electrons. The van der Waals surface area contributed by atoms with Crippen LogP contribution in [0.2, 0.25) is 0 Å². The molecule has 4 heteroatoms. The third-order valence-electron chi connectivity index (χ3n) is 4.80. The van der Waals surface area contributed by atoms with Crippen LogP contribution in [-0.2, 0) is 24.2 Å². The van der Waals surface area contributed by atoms with Crippen molar-refractivity contribution in [2.24, 2.45) is 0 Å². The maximum atomic E-state index is 13.0. The summed E-state index contributed by atoms with van der Waals surface area (Å²) in [6.07, 6.45) is 1.62. The summed E-state index contributed by atoms with van der Waals surface area (Å²) in [6.45, 7) is 2.82. The fraction of sp³-hybridized carbons (Fsp3) is 0.263. The standard InChI is InChI=1S/C19H18N2OS/c1-2-13-7-5-6-10-16(13)21-18(22)17-11-14-8-3-4-9-15(14)12-20(17)19(21)23/h3-10,17H,2,11-12H2,1H3. The van der Waals surface area contributed by atoms with Crippen LogP contribution in [0, 0.1) is 0 Å². The van der Waals surface area contributed by atoms with Crippen molar-refractivity contribution in [1.29, 1.82) is 0 Å². The van der Waals surface area contributed by atoms with Crippen LogP contribution >= 0.6 is 12.2 Å². The van der Waals surface area contributed by atoms with Gasteiger partial charge in [0.05, 0.1) is 5.69 Å². The Morgan fingerprint density at radius 2 is 1.78 bits per heavy atom. The van der Waals surface area contributed by atoms with E-state index in [4.69, 9.17) is 12.2 Å². The van der Waals surface area contributed by atoms with E-state index < -0.39 is 0 Å². The highest BCUT2D eigenvalue weighted by molar-refractivity contribution is 7.80. The average molecular weight is 322 g/mol. The number of amides is 1. The van der Waals surface area contributed by atoms with Gasteiger partial charge in [-0.25, -0.2) is 0 Å². The maximum absolute atomic E-state index is 13.0. The molecule has 0 bridgehead atoms. The van der Waals surface area contributed by atoms with Crippen LogP contribution in [0.4, 0.5) is 5.69 Å². The lowest BCUT2D eigenvalue weighted by molar-refractivity contribution is -0.120. The minimum absolute atomic E-state index is 0.102. The molecule has 3 nitrogen and oxygen atoms in total. The maximum Gasteiger partial charge on any atom is 0.256 e. The van der Waals surface area contributed by atoms with Crippen molar-refractivity contribution in [2.45, 2.75) is 32.4 Å². The summed E-state index contributed by atoms with van der Waals surface area (Å²) >= 11 is 5.67. The molecule has 2 heterocycles. The molecule has 1 fully saturated rings.